The van der Waals surface area contributed by atoms with E-state index in [1.165, 1.54) is 12.5 Å². The number of methoxy groups -OCH3 is 1. The van der Waals surface area contributed by atoms with Crippen LogP contribution >= 0.6 is 0 Å². The molecular weight excluding hydrogens is 215 g/mol. The van der Waals surface area contributed by atoms with E-state index in [1.54, 1.807) is 19.2 Å². The van der Waals surface area contributed by atoms with Gasteiger partial charge < -0.3 is 4.74 Å². The summed E-state index contributed by atoms with van der Waals surface area (Å²) >= 11 is 0. The van der Waals surface area contributed by atoms with Gasteiger partial charge in [0.2, 0.25) is 0 Å². The van der Waals surface area contributed by atoms with E-state index >= 15 is 0 Å². The second-order valence-corrected chi connectivity index (χ2v) is 5.57. The molecule has 94 valence electrons. The van der Waals surface area contributed by atoms with Crippen LogP contribution in [0.15, 0.2) is 24.3 Å². The minimum absolute atomic E-state index is 0.0674. The van der Waals surface area contributed by atoms with Crippen LogP contribution in [0.5, 0.6) is 0 Å². The highest BCUT2D eigenvalue weighted by atomic mass is 19.1. The molecule has 0 unspecified atom stereocenters. The minimum atomic E-state index is -0.128. The van der Waals surface area contributed by atoms with Crippen LogP contribution < -0.4 is 0 Å². The highest BCUT2D eigenvalue weighted by Crippen LogP contribution is 2.43. The third kappa shape index (κ3) is 2.68. The molecule has 0 radical (unpaired) electrons. The van der Waals surface area contributed by atoms with Crippen LogP contribution in [0.25, 0.3) is 0 Å². The monoisotopic (exact) mass is 236 g/mol. The van der Waals surface area contributed by atoms with Crippen molar-refractivity contribution in [2.75, 3.05) is 7.11 Å². The number of ether oxygens (including phenoxy) is 1. The summed E-state index contributed by atoms with van der Waals surface area (Å²) in [5.41, 5.74) is 1.07. The lowest BCUT2D eigenvalue weighted by Gasteiger charge is -2.30. The van der Waals surface area contributed by atoms with E-state index in [-0.39, 0.29) is 11.4 Å². The Hall–Kier alpha value is -0.890. The van der Waals surface area contributed by atoms with Crippen molar-refractivity contribution < 1.29 is 9.13 Å². The molecule has 1 aromatic rings. The Morgan fingerprint density at radius 2 is 2.06 bits per heavy atom. The number of benzene rings is 1. The molecule has 0 aliphatic heterocycles. The van der Waals surface area contributed by atoms with Crippen molar-refractivity contribution >= 4 is 0 Å². The zero-order chi connectivity index (χ0) is 12.5. The normalized spacial score (nSPS) is 25.2. The molecule has 2 rings (SSSR count). The second-order valence-electron chi connectivity index (χ2n) is 5.57. The highest BCUT2D eigenvalue weighted by Gasteiger charge is 2.36. The minimum Gasteiger partial charge on any atom is -0.379 e. The largest absolute Gasteiger partial charge is 0.379 e. The summed E-state index contributed by atoms with van der Waals surface area (Å²) in [6, 6.07) is 7.03. The molecule has 0 N–H and O–H groups in total. The summed E-state index contributed by atoms with van der Waals surface area (Å²) in [5.74, 6) is 0.933. The van der Waals surface area contributed by atoms with E-state index in [2.05, 4.69) is 13.8 Å². The van der Waals surface area contributed by atoms with Gasteiger partial charge in [-0.25, -0.2) is 4.39 Å². The van der Waals surface area contributed by atoms with Gasteiger partial charge in [0.15, 0.2) is 0 Å². The number of halogens is 1. The van der Waals surface area contributed by atoms with E-state index in [0.717, 1.165) is 18.4 Å². The van der Waals surface area contributed by atoms with Crippen LogP contribution in [-0.4, -0.2) is 12.7 Å². The van der Waals surface area contributed by atoms with Crippen LogP contribution in [0.1, 0.15) is 44.6 Å². The second kappa shape index (κ2) is 4.77. The van der Waals surface area contributed by atoms with Gasteiger partial charge >= 0.3 is 0 Å². The molecule has 0 heterocycles. The van der Waals surface area contributed by atoms with Crippen molar-refractivity contribution in [1.29, 1.82) is 0 Å². The first-order chi connectivity index (χ1) is 8.03. The lowest BCUT2D eigenvalue weighted by Crippen LogP contribution is -2.31. The van der Waals surface area contributed by atoms with Crippen LogP contribution in [0, 0.1) is 11.7 Å². The maximum Gasteiger partial charge on any atom is 0.123 e. The SMILES string of the molecule is COC(C)(C)[C@H]1CC[C@@H](c2cccc(F)c2)C1. The van der Waals surface area contributed by atoms with Gasteiger partial charge in [-0.1, -0.05) is 12.1 Å². The third-order valence-corrected chi connectivity index (χ3v) is 4.26. The van der Waals surface area contributed by atoms with Gasteiger partial charge in [-0.15, -0.1) is 0 Å². The van der Waals surface area contributed by atoms with Crippen molar-refractivity contribution in [1.82, 2.24) is 0 Å². The summed E-state index contributed by atoms with van der Waals surface area (Å²) in [4.78, 5) is 0. The summed E-state index contributed by atoms with van der Waals surface area (Å²) in [7, 11) is 1.77. The van der Waals surface area contributed by atoms with Gasteiger partial charge in [0.1, 0.15) is 5.82 Å². The van der Waals surface area contributed by atoms with Crippen LogP contribution in [0.3, 0.4) is 0 Å². The molecule has 1 fully saturated rings. The van der Waals surface area contributed by atoms with Crippen molar-refractivity contribution in [3.63, 3.8) is 0 Å². The molecule has 17 heavy (non-hydrogen) atoms. The van der Waals surface area contributed by atoms with Gasteiger partial charge in [-0.3, -0.25) is 0 Å². The Bertz CT molecular complexity index is 386. The van der Waals surface area contributed by atoms with Crippen molar-refractivity contribution in [3.8, 4) is 0 Å². The number of hydrogen-bond acceptors (Lipinski definition) is 1. The molecular formula is C15H21FO. The fourth-order valence-electron chi connectivity index (χ4n) is 2.84. The maximum absolute atomic E-state index is 13.2. The first-order valence-corrected chi connectivity index (χ1v) is 6.33. The molecule has 1 aliphatic rings. The predicted octanol–water partition coefficient (Wildman–Crippen LogP) is 4.13. The van der Waals surface area contributed by atoms with Crippen LogP contribution in [-0.2, 0) is 4.74 Å². The lowest BCUT2D eigenvalue weighted by atomic mass is 9.87. The van der Waals surface area contributed by atoms with E-state index in [4.69, 9.17) is 4.74 Å². The zero-order valence-corrected chi connectivity index (χ0v) is 10.9. The zero-order valence-electron chi connectivity index (χ0n) is 10.9. The van der Waals surface area contributed by atoms with Crippen molar-refractivity contribution in [3.05, 3.63) is 35.6 Å². The molecule has 1 aliphatic carbocycles. The van der Waals surface area contributed by atoms with E-state index in [1.807, 2.05) is 6.07 Å². The molecule has 0 aromatic heterocycles. The van der Waals surface area contributed by atoms with E-state index in [0.29, 0.717) is 11.8 Å². The molecule has 0 spiro atoms. The number of hydrogen-bond donors (Lipinski definition) is 0. The molecule has 0 bridgehead atoms. The average Bonchev–Trinajstić information content (AvgIpc) is 2.79. The van der Waals surface area contributed by atoms with E-state index in [9.17, 15) is 4.39 Å². The van der Waals surface area contributed by atoms with Crippen molar-refractivity contribution in [2.45, 2.75) is 44.6 Å². The van der Waals surface area contributed by atoms with Gasteiger partial charge in [0.25, 0.3) is 0 Å². The fraction of sp³-hybridized carbons (Fsp3) is 0.600. The van der Waals surface area contributed by atoms with Crippen LogP contribution in [0.4, 0.5) is 4.39 Å². The molecule has 1 nitrogen and oxygen atoms in total. The van der Waals surface area contributed by atoms with E-state index < -0.39 is 0 Å². The molecule has 0 amide bonds. The summed E-state index contributed by atoms with van der Waals surface area (Å²) in [6.45, 7) is 4.29. The quantitative estimate of drug-likeness (QED) is 0.766. The lowest BCUT2D eigenvalue weighted by molar-refractivity contribution is -0.0260. The average molecular weight is 236 g/mol. The topological polar surface area (TPSA) is 9.23 Å². The Kier molecular flexibility index (Phi) is 3.53. The summed E-state index contributed by atoms with van der Waals surface area (Å²) in [5, 5.41) is 0. The Labute approximate surface area is 103 Å². The molecule has 2 atom stereocenters. The highest BCUT2D eigenvalue weighted by molar-refractivity contribution is 5.22. The Morgan fingerprint density at radius 3 is 2.71 bits per heavy atom. The summed E-state index contributed by atoms with van der Waals surface area (Å²) < 4.78 is 18.7. The third-order valence-electron chi connectivity index (χ3n) is 4.26. The van der Waals surface area contributed by atoms with Gasteiger partial charge in [0, 0.05) is 7.11 Å². The van der Waals surface area contributed by atoms with Gasteiger partial charge in [-0.2, -0.15) is 0 Å². The maximum atomic E-state index is 13.2. The fourth-order valence-corrected chi connectivity index (χ4v) is 2.84. The number of rotatable bonds is 3. The summed E-state index contributed by atoms with van der Waals surface area (Å²) in [6.07, 6.45) is 3.41. The van der Waals surface area contributed by atoms with Crippen LogP contribution in [0.2, 0.25) is 0 Å². The standard InChI is InChI=1S/C15H21FO/c1-15(2,17-3)13-8-7-12(9-13)11-5-4-6-14(16)10-11/h4-6,10,12-13H,7-9H2,1-3H3/t12-,13+/m1/s1. The first-order valence-electron chi connectivity index (χ1n) is 6.33. The Balaban J connectivity index is 2.08. The molecule has 2 heteroatoms. The predicted molar refractivity (Wildman–Crippen MR) is 67.6 cm³/mol. The molecule has 0 saturated heterocycles. The Morgan fingerprint density at radius 1 is 1.29 bits per heavy atom. The molecule has 1 aromatic carbocycles. The molecule has 1 saturated carbocycles. The smallest absolute Gasteiger partial charge is 0.123 e. The van der Waals surface area contributed by atoms with Crippen molar-refractivity contribution in [2.24, 2.45) is 5.92 Å². The first kappa shape index (κ1) is 12.6. The van der Waals surface area contributed by atoms with Gasteiger partial charge in [0.05, 0.1) is 5.60 Å². The van der Waals surface area contributed by atoms with Gasteiger partial charge in [-0.05, 0) is 62.6 Å².